The SMILES string of the molecule is CCCCC[n+]1[n-]oc(=N)c1CCCc1c(=N)o[n-][n+]1CCCCC. The maximum Gasteiger partial charge on any atom is 0.268 e. The molecule has 0 saturated carbocycles. The van der Waals surface area contributed by atoms with Crippen molar-refractivity contribution >= 4 is 0 Å². The van der Waals surface area contributed by atoms with Crippen molar-refractivity contribution in [3.8, 4) is 0 Å². The fourth-order valence-corrected chi connectivity index (χ4v) is 2.90. The second-order valence-corrected chi connectivity index (χ2v) is 6.41. The zero-order valence-electron chi connectivity index (χ0n) is 15.4. The summed E-state index contributed by atoms with van der Waals surface area (Å²) >= 11 is 0. The molecule has 8 heteroatoms. The molecule has 0 unspecified atom stereocenters. The number of nitrogens with zero attached hydrogens (tertiary/aromatic N) is 4. The van der Waals surface area contributed by atoms with E-state index in [0.717, 1.165) is 69.4 Å². The van der Waals surface area contributed by atoms with E-state index < -0.39 is 0 Å². The van der Waals surface area contributed by atoms with Gasteiger partial charge >= 0.3 is 0 Å². The molecule has 140 valence electrons. The van der Waals surface area contributed by atoms with E-state index in [9.17, 15) is 0 Å². The Balaban J connectivity index is 1.93. The minimum atomic E-state index is 0.142. The van der Waals surface area contributed by atoms with Crippen LogP contribution in [-0.2, 0) is 25.9 Å². The topological polar surface area (TPSA) is 110 Å². The molecule has 0 aliphatic heterocycles. The molecular formula is C17H30N6O2. The van der Waals surface area contributed by atoms with E-state index in [1.807, 2.05) is 9.36 Å². The van der Waals surface area contributed by atoms with Crippen molar-refractivity contribution in [1.29, 1.82) is 10.8 Å². The Kier molecular flexibility index (Phi) is 7.69. The Morgan fingerprint density at radius 3 is 1.56 bits per heavy atom. The lowest BCUT2D eigenvalue weighted by molar-refractivity contribution is -0.774. The third-order valence-electron chi connectivity index (χ3n) is 4.38. The fraction of sp³-hybridized carbons (Fsp3) is 0.765. The normalized spacial score (nSPS) is 11.3. The first-order valence-electron chi connectivity index (χ1n) is 9.37. The number of aryl methyl sites for hydroxylation is 2. The number of aromatic nitrogens is 4. The molecule has 2 aromatic rings. The van der Waals surface area contributed by atoms with E-state index in [1.165, 1.54) is 0 Å². The van der Waals surface area contributed by atoms with Gasteiger partial charge in [0.1, 0.15) is 13.1 Å². The van der Waals surface area contributed by atoms with Crippen LogP contribution in [-0.4, -0.2) is 0 Å². The molecule has 0 aliphatic rings. The molecule has 0 fully saturated rings. The van der Waals surface area contributed by atoms with Gasteiger partial charge in [0.15, 0.2) is 0 Å². The Bertz CT molecular complexity index is 677. The maximum absolute atomic E-state index is 7.90. The zero-order chi connectivity index (χ0) is 18.1. The van der Waals surface area contributed by atoms with E-state index in [0.29, 0.717) is 12.8 Å². The number of unbranched alkanes of at least 4 members (excludes halogenated alkanes) is 4. The highest BCUT2D eigenvalue weighted by molar-refractivity contribution is 4.85. The minimum Gasteiger partial charge on any atom is -0.487 e. The standard InChI is InChI=1S/C17H30N6O2/c1-3-5-7-12-22-14(16(18)24-20-22)10-9-11-15-17(19)25-21-23(15)13-8-6-4-2/h18-19H,3-13H2,1-2H3. The zero-order valence-corrected chi connectivity index (χ0v) is 15.4. The fourth-order valence-electron chi connectivity index (χ4n) is 2.90. The van der Waals surface area contributed by atoms with Crippen LogP contribution in [0.25, 0.3) is 0 Å². The second-order valence-electron chi connectivity index (χ2n) is 6.41. The summed E-state index contributed by atoms with van der Waals surface area (Å²) in [5.74, 6) is 0. The summed E-state index contributed by atoms with van der Waals surface area (Å²) in [6, 6.07) is 0. The maximum atomic E-state index is 7.90. The van der Waals surface area contributed by atoms with Gasteiger partial charge in [-0.25, -0.2) is 9.36 Å². The lowest BCUT2D eigenvalue weighted by Crippen LogP contribution is -2.44. The van der Waals surface area contributed by atoms with Crippen molar-refractivity contribution in [1.82, 2.24) is 10.5 Å². The second kappa shape index (κ2) is 10.0. The van der Waals surface area contributed by atoms with Crippen molar-refractivity contribution < 1.29 is 18.4 Å². The van der Waals surface area contributed by atoms with Crippen LogP contribution in [0.2, 0.25) is 0 Å². The average Bonchev–Trinajstić information content (AvgIpc) is 3.13. The predicted octanol–water partition coefficient (Wildman–Crippen LogP) is 0.877. The highest BCUT2D eigenvalue weighted by atomic mass is 16.5. The predicted molar refractivity (Wildman–Crippen MR) is 87.2 cm³/mol. The van der Waals surface area contributed by atoms with Crippen LogP contribution >= 0.6 is 0 Å². The van der Waals surface area contributed by atoms with Gasteiger partial charge < -0.3 is 9.05 Å². The molecule has 25 heavy (non-hydrogen) atoms. The van der Waals surface area contributed by atoms with Gasteiger partial charge in [-0.3, -0.25) is 21.4 Å². The summed E-state index contributed by atoms with van der Waals surface area (Å²) in [6.07, 6.45) is 8.89. The smallest absolute Gasteiger partial charge is 0.268 e. The van der Waals surface area contributed by atoms with Gasteiger partial charge in [-0.15, -0.1) is 0 Å². The van der Waals surface area contributed by atoms with Gasteiger partial charge in [0, 0.05) is 25.7 Å². The van der Waals surface area contributed by atoms with Crippen molar-refractivity contribution in [2.24, 2.45) is 0 Å². The lowest BCUT2D eigenvalue weighted by Gasteiger charge is -2.03. The number of hydrogen-bond donors (Lipinski definition) is 2. The molecule has 0 aromatic carbocycles. The van der Waals surface area contributed by atoms with Crippen molar-refractivity contribution in [2.45, 2.75) is 84.7 Å². The molecule has 0 spiro atoms. The number of nitrogens with one attached hydrogen (secondary N) is 2. The Hall–Kier alpha value is -2.12. The van der Waals surface area contributed by atoms with Crippen LogP contribution in [0.5, 0.6) is 0 Å². The van der Waals surface area contributed by atoms with E-state index in [-0.39, 0.29) is 11.1 Å². The van der Waals surface area contributed by atoms with Crippen molar-refractivity contribution in [2.75, 3.05) is 0 Å². The van der Waals surface area contributed by atoms with E-state index >= 15 is 0 Å². The molecule has 0 amide bonds. The molecular weight excluding hydrogens is 320 g/mol. The largest absolute Gasteiger partial charge is 0.487 e. The van der Waals surface area contributed by atoms with Crippen LogP contribution < -0.4 is 31.0 Å². The average molecular weight is 350 g/mol. The summed E-state index contributed by atoms with van der Waals surface area (Å²) in [4.78, 5) is 0. The Morgan fingerprint density at radius 1 is 0.720 bits per heavy atom. The van der Waals surface area contributed by atoms with Crippen molar-refractivity contribution in [3.05, 3.63) is 22.5 Å². The number of rotatable bonds is 12. The van der Waals surface area contributed by atoms with E-state index in [2.05, 4.69) is 24.4 Å². The molecule has 0 radical (unpaired) electrons. The van der Waals surface area contributed by atoms with Crippen LogP contribution in [0, 0.1) is 10.8 Å². The lowest BCUT2D eigenvalue weighted by atomic mass is 10.1. The summed E-state index contributed by atoms with van der Waals surface area (Å²) in [5, 5.41) is 23.7. The Labute approximate surface area is 147 Å². The first-order chi connectivity index (χ1) is 12.2. The molecule has 0 saturated heterocycles. The summed E-state index contributed by atoms with van der Waals surface area (Å²) in [6.45, 7) is 5.91. The summed E-state index contributed by atoms with van der Waals surface area (Å²) in [7, 11) is 0. The molecule has 2 N–H and O–H groups in total. The third-order valence-corrected chi connectivity index (χ3v) is 4.38. The van der Waals surface area contributed by atoms with Crippen LogP contribution in [0.15, 0.2) is 9.05 Å². The van der Waals surface area contributed by atoms with Gasteiger partial charge in [0.25, 0.3) is 11.1 Å². The molecule has 0 aliphatic carbocycles. The molecule has 0 atom stereocenters. The summed E-state index contributed by atoms with van der Waals surface area (Å²) in [5.41, 5.74) is 1.95. The van der Waals surface area contributed by atoms with Crippen LogP contribution in [0.3, 0.4) is 0 Å². The number of hydrogen-bond acceptors (Lipinski definition) is 4. The molecule has 0 bridgehead atoms. The first-order valence-corrected chi connectivity index (χ1v) is 9.37. The highest BCUT2D eigenvalue weighted by Crippen LogP contribution is 1.99. The third kappa shape index (κ3) is 5.44. The van der Waals surface area contributed by atoms with E-state index in [1.54, 1.807) is 0 Å². The minimum absolute atomic E-state index is 0.142. The van der Waals surface area contributed by atoms with Gasteiger partial charge in [-0.05, 0) is 19.3 Å². The van der Waals surface area contributed by atoms with Gasteiger partial charge in [-0.1, -0.05) is 26.7 Å². The van der Waals surface area contributed by atoms with Crippen LogP contribution in [0.1, 0.15) is 70.2 Å². The quantitative estimate of drug-likeness (QED) is 0.437. The summed E-state index contributed by atoms with van der Waals surface area (Å²) < 4.78 is 13.7. The first kappa shape index (κ1) is 19.2. The van der Waals surface area contributed by atoms with Crippen LogP contribution in [0.4, 0.5) is 0 Å². The monoisotopic (exact) mass is 350 g/mol. The molecule has 2 heterocycles. The van der Waals surface area contributed by atoms with Gasteiger partial charge in [0.05, 0.1) is 0 Å². The molecule has 2 rings (SSSR count). The van der Waals surface area contributed by atoms with Gasteiger partial charge in [0.2, 0.25) is 11.4 Å². The molecule has 8 nitrogen and oxygen atoms in total. The van der Waals surface area contributed by atoms with Crippen molar-refractivity contribution in [3.63, 3.8) is 0 Å². The van der Waals surface area contributed by atoms with E-state index in [4.69, 9.17) is 19.9 Å². The van der Waals surface area contributed by atoms with Gasteiger partial charge in [-0.2, -0.15) is 0 Å². The Morgan fingerprint density at radius 2 is 1.16 bits per heavy atom. The molecule has 2 aromatic heterocycles. The highest BCUT2D eigenvalue weighted by Gasteiger charge is 2.16.